The fourth-order valence-corrected chi connectivity index (χ4v) is 4.98. The SMILES string of the molecule is COc1cccc(-c2nn(-c3ccc(C)cc3)cc2C(=O)Nc2nc(C)c(SCC#N)s2)c1. The molecule has 33 heavy (non-hydrogen) atoms. The van der Waals surface area contributed by atoms with Crippen LogP contribution in [0.25, 0.3) is 16.9 Å². The van der Waals surface area contributed by atoms with Crippen molar-refractivity contribution < 1.29 is 9.53 Å². The van der Waals surface area contributed by atoms with E-state index in [0.717, 1.165) is 26.7 Å². The highest BCUT2D eigenvalue weighted by atomic mass is 32.2. The van der Waals surface area contributed by atoms with Crippen LogP contribution < -0.4 is 10.1 Å². The molecule has 1 amide bonds. The number of ether oxygens (including phenoxy) is 1. The maximum atomic E-state index is 13.3. The van der Waals surface area contributed by atoms with Crippen LogP contribution >= 0.6 is 23.1 Å². The summed E-state index contributed by atoms with van der Waals surface area (Å²) in [5, 5.41) is 16.9. The maximum Gasteiger partial charge on any atom is 0.261 e. The highest BCUT2D eigenvalue weighted by molar-refractivity contribution is 8.01. The number of nitrogens with one attached hydrogen (secondary N) is 1. The molecule has 1 N–H and O–H groups in total. The normalized spacial score (nSPS) is 10.6. The number of aromatic nitrogens is 3. The smallest absolute Gasteiger partial charge is 0.261 e. The van der Waals surface area contributed by atoms with Gasteiger partial charge in [-0.1, -0.05) is 52.9 Å². The number of thioether (sulfide) groups is 1. The predicted octanol–water partition coefficient (Wildman–Crippen LogP) is 5.49. The molecular weight excluding hydrogens is 454 g/mol. The summed E-state index contributed by atoms with van der Waals surface area (Å²) in [6.45, 7) is 3.88. The van der Waals surface area contributed by atoms with Crippen LogP contribution in [0.5, 0.6) is 5.75 Å². The van der Waals surface area contributed by atoms with Crippen LogP contribution in [0, 0.1) is 25.2 Å². The summed E-state index contributed by atoms with van der Waals surface area (Å²) in [7, 11) is 1.60. The molecule has 9 heteroatoms. The average Bonchev–Trinajstić information content (AvgIpc) is 3.42. The molecule has 0 atom stereocenters. The van der Waals surface area contributed by atoms with Gasteiger partial charge in [0.15, 0.2) is 5.13 Å². The monoisotopic (exact) mass is 475 g/mol. The Morgan fingerprint density at radius 3 is 2.76 bits per heavy atom. The van der Waals surface area contributed by atoms with E-state index in [9.17, 15) is 4.79 Å². The predicted molar refractivity (Wildman–Crippen MR) is 131 cm³/mol. The number of anilines is 1. The molecular formula is C24H21N5O2S2. The van der Waals surface area contributed by atoms with Gasteiger partial charge in [-0.3, -0.25) is 10.1 Å². The van der Waals surface area contributed by atoms with E-state index in [4.69, 9.17) is 15.1 Å². The van der Waals surface area contributed by atoms with E-state index in [1.807, 2.05) is 62.4 Å². The summed E-state index contributed by atoms with van der Waals surface area (Å²) in [6.07, 6.45) is 1.72. The summed E-state index contributed by atoms with van der Waals surface area (Å²) in [6, 6.07) is 17.5. The quantitative estimate of drug-likeness (QED) is 0.355. The van der Waals surface area contributed by atoms with Crippen molar-refractivity contribution in [2.75, 3.05) is 18.2 Å². The molecule has 0 aliphatic heterocycles. The van der Waals surface area contributed by atoms with E-state index >= 15 is 0 Å². The zero-order valence-corrected chi connectivity index (χ0v) is 20.0. The van der Waals surface area contributed by atoms with E-state index in [1.165, 1.54) is 23.1 Å². The highest BCUT2D eigenvalue weighted by Crippen LogP contribution is 2.33. The minimum Gasteiger partial charge on any atom is -0.497 e. The van der Waals surface area contributed by atoms with Crippen molar-refractivity contribution in [3.05, 3.63) is 71.5 Å². The van der Waals surface area contributed by atoms with Crippen molar-refractivity contribution >= 4 is 34.1 Å². The van der Waals surface area contributed by atoms with Crippen molar-refractivity contribution in [2.24, 2.45) is 0 Å². The van der Waals surface area contributed by atoms with E-state index in [-0.39, 0.29) is 5.91 Å². The second-order valence-electron chi connectivity index (χ2n) is 7.20. The lowest BCUT2D eigenvalue weighted by atomic mass is 10.1. The Kier molecular flexibility index (Phi) is 6.77. The summed E-state index contributed by atoms with van der Waals surface area (Å²) >= 11 is 2.77. The molecule has 4 aromatic rings. The first kappa shape index (κ1) is 22.6. The van der Waals surface area contributed by atoms with Gasteiger partial charge in [-0.15, -0.1) is 0 Å². The second-order valence-corrected chi connectivity index (χ2v) is 9.44. The van der Waals surface area contributed by atoms with Crippen LogP contribution in [0.2, 0.25) is 0 Å². The Bertz CT molecular complexity index is 1340. The molecule has 0 unspecified atom stereocenters. The minimum atomic E-state index is -0.309. The Morgan fingerprint density at radius 1 is 1.24 bits per heavy atom. The number of nitriles is 1. The molecule has 0 aliphatic rings. The Labute approximate surface area is 200 Å². The highest BCUT2D eigenvalue weighted by Gasteiger charge is 2.21. The number of carbonyl (C=O) groups is 1. The van der Waals surface area contributed by atoms with Gasteiger partial charge in [0, 0.05) is 11.8 Å². The Balaban J connectivity index is 1.71. The second kappa shape index (κ2) is 9.90. The third kappa shape index (κ3) is 5.08. The van der Waals surface area contributed by atoms with Crippen LogP contribution in [0.1, 0.15) is 21.6 Å². The van der Waals surface area contributed by atoms with Gasteiger partial charge in [-0.25, -0.2) is 9.67 Å². The van der Waals surface area contributed by atoms with Crippen molar-refractivity contribution in [3.63, 3.8) is 0 Å². The van der Waals surface area contributed by atoms with E-state index in [1.54, 1.807) is 18.0 Å². The van der Waals surface area contributed by atoms with E-state index in [0.29, 0.717) is 27.9 Å². The molecule has 0 saturated heterocycles. The molecule has 166 valence electrons. The first-order valence-corrected chi connectivity index (χ1v) is 11.9. The standard InChI is InChI=1S/C24H21N5O2S2/c1-15-7-9-18(10-8-15)29-14-20(21(28-29)17-5-4-6-19(13-17)31-3)22(30)27-24-26-16(2)23(33-24)32-12-11-25/h4-10,13-14H,12H2,1-3H3,(H,26,27,30). The molecule has 7 nitrogen and oxygen atoms in total. The van der Waals surface area contributed by atoms with Crippen molar-refractivity contribution in [1.82, 2.24) is 14.8 Å². The lowest BCUT2D eigenvalue weighted by Crippen LogP contribution is -2.12. The van der Waals surface area contributed by atoms with Crippen molar-refractivity contribution in [3.8, 4) is 28.8 Å². The third-order valence-electron chi connectivity index (χ3n) is 4.84. The van der Waals surface area contributed by atoms with Gasteiger partial charge >= 0.3 is 0 Å². The number of carbonyl (C=O) groups excluding carboxylic acids is 1. The fourth-order valence-electron chi connectivity index (χ4n) is 3.19. The van der Waals surface area contributed by atoms with Crippen LogP contribution in [0.15, 0.2) is 58.9 Å². The fraction of sp³-hybridized carbons (Fsp3) is 0.167. The third-order valence-corrected chi connectivity index (χ3v) is 7.14. The van der Waals surface area contributed by atoms with Gasteiger partial charge in [0.05, 0.1) is 40.1 Å². The Morgan fingerprint density at radius 2 is 2.03 bits per heavy atom. The molecule has 2 heterocycles. The molecule has 0 radical (unpaired) electrons. The van der Waals surface area contributed by atoms with Crippen LogP contribution in [0.3, 0.4) is 0 Å². The zero-order chi connectivity index (χ0) is 23.4. The number of thiazole rings is 1. The zero-order valence-electron chi connectivity index (χ0n) is 18.3. The summed E-state index contributed by atoms with van der Waals surface area (Å²) < 4.78 is 7.97. The summed E-state index contributed by atoms with van der Waals surface area (Å²) in [5.41, 5.74) is 4.51. The number of hydrogen-bond acceptors (Lipinski definition) is 7. The molecule has 2 aromatic heterocycles. The Hall–Kier alpha value is -3.61. The number of hydrogen-bond donors (Lipinski definition) is 1. The number of benzene rings is 2. The van der Waals surface area contributed by atoms with Crippen LogP contribution in [-0.2, 0) is 0 Å². The number of nitrogens with zero attached hydrogens (tertiary/aromatic N) is 4. The largest absolute Gasteiger partial charge is 0.497 e. The van der Waals surface area contributed by atoms with Gasteiger partial charge in [-0.2, -0.15) is 10.4 Å². The number of aryl methyl sites for hydroxylation is 2. The molecule has 4 rings (SSSR count). The van der Waals surface area contributed by atoms with Crippen molar-refractivity contribution in [2.45, 2.75) is 18.1 Å². The minimum absolute atomic E-state index is 0.309. The van der Waals surface area contributed by atoms with Gasteiger partial charge < -0.3 is 4.74 Å². The molecule has 0 bridgehead atoms. The lowest BCUT2D eigenvalue weighted by Gasteiger charge is -2.05. The van der Waals surface area contributed by atoms with Crippen molar-refractivity contribution in [1.29, 1.82) is 5.26 Å². The van der Waals surface area contributed by atoms with E-state index < -0.39 is 0 Å². The summed E-state index contributed by atoms with van der Waals surface area (Å²) in [5.74, 6) is 0.704. The van der Waals surface area contributed by atoms with Gasteiger partial charge in [0.2, 0.25) is 0 Å². The van der Waals surface area contributed by atoms with E-state index in [2.05, 4.69) is 16.4 Å². The first-order chi connectivity index (χ1) is 16.0. The molecule has 0 aliphatic carbocycles. The topological polar surface area (TPSA) is 92.8 Å². The van der Waals surface area contributed by atoms with Gasteiger partial charge in [-0.05, 0) is 38.1 Å². The number of methoxy groups -OCH3 is 1. The van der Waals surface area contributed by atoms with Gasteiger partial charge in [0.25, 0.3) is 5.91 Å². The van der Waals surface area contributed by atoms with Crippen LogP contribution in [0.4, 0.5) is 5.13 Å². The average molecular weight is 476 g/mol. The molecule has 0 spiro atoms. The van der Waals surface area contributed by atoms with Gasteiger partial charge in [0.1, 0.15) is 11.4 Å². The molecule has 2 aromatic carbocycles. The molecule has 0 fully saturated rings. The first-order valence-electron chi connectivity index (χ1n) is 10.1. The summed E-state index contributed by atoms with van der Waals surface area (Å²) in [4.78, 5) is 17.8. The number of rotatable bonds is 7. The van der Waals surface area contributed by atoms with Crippen LogP contribution in [-0.4, -0.2) is 33.5 Å². The maximum absolute atomic E-state index is 13.3. The number of amides is 1. The molecule has 0 saturated carbocycles. The lowest BCUT2D eigenvalue weighted by molar-refractivity contribution is 0.102.